The Balaban J connectivity index is 1.34. The molecule has 1 fully saturated rings. The average molecular weight is 435 g/mol. The topological polar surface area (TPSA) is 49.9 Å². The fourth-order valence-corrected chi connectivity index (χ4v) is 3.78. The predicted molar refractivity (Wildman–Crippen MR) is 120 cm³/mol. The number of halogens is 1. The Kier molecular flexibility index (Phi) is 6.53. The van der Waals surface area contributed by atoms with Crippen molar-refractivity contribution in [1.82, 2.24) is 9.80 Å². The van der Waals surface area contributed by atoms with Gasteiger partial charge in [-0.15, -0.1) is 0 Å². The van der Waals surface area contributed by atoms with E-state index in [1.165, 1.54) is 0 Å². The smallest absolute Gasteiger partial charge is 0.254 e. The molecule has 0 aliphatic carbocycles. The number of hydrogen-bond acceptors (Lipinski definition) is 3. The van der Waals surface area contributed by atoms with Crippen LogP contribution in [0, 0.1) is 0 Å². The SMILES string of the molecule is O=C(c1ccccc1)N1CCN(C(=O)c2cccc(OCc3cccc(Cl)c3)c2)CC1. The van der Waals surface area contributed by atoms with Gasteiger partial charge in [0.1, 0.15) is 12.4 Å². The van der Waals surface area contributed by atoms with Crippen molar-refractivity contribution in [1.29, 1.82) is 0 Å². The van der Waals surface area contributed by atoms with Gasteiger partial charge in [-0.2, -0.15) is 0 Å². The molecular weight excluding hydrogens is 412 g/mol. The average Bonchev–Trinajstić information content (AvgIpc) is 2.83. The first kappa shape index (κ1) is 20.9. The van der Waals surface area contributed by atoms with Crippen molar-refractivity contribution in [3.63, 3.8) is 0 Å². The molecular formula is C25H23ClN2O3. The Morgan fingerprint density at radius 3 is 2.03 bits per heavy atom. The normalized spacial score (nSPS) is 13.7. The van der Waals surface area contributed by atoms with Crippen LogP contribution in [0.5, 0.6) is 5.75 Å². The number of piperazine rings is 1. The number of carbonyl (C=O) groups excluding carboxylic acids is 2. The van der Waals surface area contributed by atoms with Crippen LogP contribution in [0.3, 0.4) is 0 Å². The van der Waals surface area contributed by atoms with Crippen molar-refractivity contribution in [3.05, 3.63) is 101 Å². The van der Waals surface area contributed by atoms with E-state index in [-0.39, 0.29) is 11.8 Å². The highest BCUT2D eigenvalue weighted by molar-refractivity contribution is 6.30. The lowest BCUT2D eigenvalue weighted by molar-refractivity contribution is 0.0535. The molecule has 0 radical (unpaired) electrons. The number of ether oxygens (including phenoxy) is 1. The van der Waals surface area contributed by atoms with Crippen molar-refractivity contribution < 1.29 is 14.3 Å². The Morgan fingerprint density at radius 1 is 0.742 bits per heavy atom. The van der Waals surface area contributed by atoms with E-state index in [2.05, 4.69) is 0 Å². The third kappa shape index (κ3) is 5.25. The van der Waals surface area contributed by atoms with Gasteiger partial charge in [-0.1, -0.05) is 48.0 Å². The summed E-state index contributed by atoms with van der Waals surface area (Å²) in [6.45, 7) is 2.42. The quantitative estimate of drug-likeness (QED) is 0.593. The van der Waals surface area contributed by atoms with E-state index >= 15 is 0 Å². The fraction of sp³-hybridized carbons (Fsp3) is 0.200. The molecule has 0 bridgehead atoms. The van der Waals surface area contributed by atoms with Gasteiger partial charge < -0.3 is 14.5 Å². The van der Waals surface area contributed by atoms with Crippen molar-refractivity contribution >= 4 is 23.4 Å². The van der Waals surface area contributed by atoms with Crippen LogP contribution in [0.15, 0.2) is 78.9 Å². The number of hydrogen-bond donors (Lipinski definition) is 0. The summed E-state index contributed by atoms with van der Waals surface area (Å²) in [6, 6.07) is 23.9. The van der Waals surface area contributed by atoms with Crippen LogP contribution >= 0.6 is 11.6 Å². The first-order chi connectivity index (χ1) is 15.1. The molecule has 1 aliphatic rings. The molecule has 1 saturated heterocycles. The van der Waals surface area contributed by atoms with Crippen LogP contribution in [0.4, 0.5) is 0 Å². The second-order valence-electron chi connectivity index (χ2n) is 7.40. The summed E-state index contributed by atoms with van der Waals surface area (Å²) in [4.78, 5) is 29.1. The lowest BCUT2D eigenvalue weighted by Gasteiger charge is -2.35. The number of rotatable bonds is 5. The van der Waals surface area contributed by atoms with Crippen LogP contribution in [-0.4, -0.2) is 47.8 Å². The first-order valence-electron chi connectivity index (χ1n) is 10.2. The van der Waals surface area contributed by atoms with E-state index in [0.717, 1.165) is 5.56 Å². The first-order valence-corrected chi connectivity index (χ1v) is 10.6. The monoisotopic (exact) mass is 434 g/mol. The minimum absolute atomic E-state index is 0.00381. The minimum atomic E-state index is -0.0555. The van der Waals surface area contributed by atoms with Gasteiger partial charge in [0.05, 0.1) is 0 Å². The molecule has 2 amide bonds. The number of benzene rings is 3. The third-order valence-electron chi connectivity index (χ3n) is 5.25. The van der Waals surface area contributed by atoms with Crippen molar-refractivity contribution in [2.75, 3.05) is 26.2 Å². The third-order valence-corrected chi connectivity index (χ3v) is 5.49. The maximum absolute atomic E-state index is 13.0. The molecule has 1 heterocycles. The summed E-state index contributed by atoms with van der Waals surface area (Å²) < 4.78 is 5.84. The van der Waals surface area contributed by atoms with Crippen molar-refractivity contribution in [2.24, 2.45) is 0 Å². The molecule has 0 aromatic heterocycles. The van der Waals surface area contributed by atoms with Gasteiger partial charge >= 0.3 is 0 Å². The second-order valence-corrected chi connectivity index (χ2v) is 7.83. The zero-order valence-electron chi connectivity index (χ0n) is 17.0. The van der Waals surface area contributed by atoms with E-state index in [1.54, 1.807) is 21.9 Å². The highest BCUT2D eigenvalue weighted by Gasteiger charge is 2.25. The molecule has 0 atom stereocenters. The van der Waals surface area contributed by atoms with E-state index < -0.39 is 0 Å². The van der Waals surface area contributed by atoms with Gasteiger partial charge in [0.25, 0.3) is 11.8 Å². The molecule has 3 aromatic carbocycles. The van der Waals surface area contributed by atoms with E-state index in [0.29, 0.717) is 54.7 Å². The molecule has 3 aromatic rings. The molecule has 5 nitrogen and oxygen atoms in total. The van der Waals surface area contributed by atoms with Crippen molar-refractivity contribution in [3.8, 4) is 5.75 Å². The lowest BCUT2D eigenvalue weighted by atomic mass is 10.1. The molecule has 0 unspecified atom stereocenters. The molecule has 0 N–H and O–H groups in total. The second kappa shape index (κ2) is 9.67. The van der Waals surface area contributed by atoms with Gasteiger partial charge in [0, 0.05) is 42.3 Å². The standard InChI is InChI=1S/C25H23ClN2O3/c26-22-10-4-6-19(16-22)18-31-23-11-5-9-21(17-23)25(30)28-14-12-27(13-15-28)24(29)20-7-2-1-3-8-20/h1-11,16-17H,12-15,18H2. The van der Waals surface area contributed by atoms with E-state index in [4.69, 9.17) is 16.3 Å². The molecule has 4 rings (SSSR count). The van der Waals surface area contributed by atoms with Crippen LogP contribution in [0.1, 0.15) is 26.3 Å². The lowest BCUT2D eigenvalue weighted by Crippen LogP contribution is -2.50. The summed E-state index contributed by atoms with van der Waals surface area (Å²) in [6.07, 6.45) is 0. The van der Waals surface area contributed by atoms with Gasteiger partial charge in [0.15, 0.2) is 0 Å². The van der Waals surface area contributed by atoms with E-state index in [9.17, 15) is 9.59 Å². The summed E-state index contributed by atoms with van der Waals surface area (Å²) in [5.41, 5.74) is 2.21. The minimum Gasteiger partial charge on any atom is -0.489 e. The maximum Gasteiger partial charge on any atom is 0.254 e. The fourth-order valence-electron chi connectivity index (χ4n) is 3.57. The molecule has 0 saturated carbocycles. The van der Waals surface area contributed by atoms with Gasteiger partial charge in [-0.3, -0.25) is 9.59 Å². The highest BCUT2D eigenvalue weighted by atomic mass is 35.5. The number of nitrogens with zero attached hydrogens (tertiary/aromatic N) is 2. The van der Waals surface area contributed by atoms with Gasteiger partial charge in [-0.05, 0) is 48.0 Å². The molecule has 31 heavy (non-hydrogen) atoms. The summed E-state index contributed by atoms with van der Waals surface area (Å²) in [5.74, 6) is 0.577. The van der Waals surface area contributed by atoms with Crippen LogP contribution in [0.2, 0.25) is 5.02 Å². The van der Waals surface area contributed by atoms with Crippen molar-refractivity contribution in [2.45, 2.75) is 6.61 Å². The Hall–Kier alpha value is -3.31. The molecule has 1 aliphatic heterocycles. The highest BCUT2D eigenvalue weighted by Crippen LogP contribution is 2.19. The summed E-state index contributed by atoms with van der Waals surface area (Å²) in [5, 5.41) is 0.662. The Labute approximate surface area is 186 Å². The Morgan fingerprint density at radius 2 is 1.35 bits per heavy atom. The molecule has 158 valence electrons. The number of carbonyl (C=O) groups is 2. The maximum atomic E-state index is 13.0. The number of amides is 2. The molecule has 0 spiro atoms. The summed E-state index contributed by atoms with van der Waals surface area (Å²) >= 11 is 6.01. The van der Waals surface area contributed by atoms with Gasteiger partial charge in [-0.25, -0.2) is 0 Å². The largest absolute Gasteiger partial charge is 0.489 e. The van der Waals surface area contributed by atoms with Gasteiger partial charge in [0.2, 0.25) is 0 Å². The zero-order valence-corrected chi connectivity index (χ0v) is 17.8. The van der Waals surface area contributed by atoms with Crippen LogP contribution in [-0.2, 0) is 6.61 Å². The molecule has 6 heteroatoms. The zero-order chi connectivity index (χ0) is 21.6. The van der Waals surface area contributed by atoms with Crippen LogP contribution < -0.4 is 4.74 Å². The predicted octanol–water partition coefficient (Wildman–Crippen LogP) is 4.52. The summed E-state index contributed by atoms with van der Waals surface area (Å²) in [7, 11) is 0. The van der Waals surface area contributed by atoms with E-state index in [1.807, 2.05) is 66.7 Å². The Bertz CT molecular complexity index is 1060. The van der Waals surface area contributed by atoms with Crippen LogP contribution in [0.25, 0.3) is 0 Å².